The van der Waals surface area contributed by atoms with Crippen LogP contribution in [0.5, 0.6) is 0 Å². The monoisotopic (exact) mass is 372 g/mol. The first-order valence-electron chi connectivity index (χ1n) is 7.12. The Kier molecular flexibility index (Phi) is 7.82. The van der Waals surface area contributed by atoms with Crippen LogP contribution in [0.3, 0.4) is 0 Å². The summed E-state index contributed by atoms with van der Waals surface area (Å²) in [5.41, 5.74) is -1.51. The van der Waals surface area contributed by atoms with Crippen molar-refractivity contribution in [1.29, 1.82) is 0 Å². The largest absolute Gasteiger partial charge is 1.00 e. The number of hydrogen-bond donors (Lipinski definition) is 0. The molecule has 0 N–H and O–H groups in total. The maximum atomic E-state index is 12.3. The van der Waals surface area contributed by atoms with Crippen LogP contribution < -0.4 is 40.1 Å². The molecule has 0 fully saturated rings. The number of carbonyl (C=O) groups excluding carboxylic acids is 2. The fourth-order valence-electron chi connectivity index (χ4n) is 2.27. The molecule has 0 aliphatic carbocycles. The molecule has 0 aliphatic heterocycles. The van der Waals surface area contributed by atoms with Crippen LogP contribution in [-0.2, 0) is 11.2 Å². The van der Waals surface area contributed by atoms with E-state index >= 15 is 0 Å². The Morgan fingerprint density at radius 2 is 1.88 bits per heavy atom. The van der Waals surface area contributed by atoms with Gasteiger partial charge in [-0.25, -0.2) is 9.48 Å². The third-order valence-electron chi connectivity index (χ3n) is 3.33. The van der Waals surface area contributed by atoms with Crippen molar-refractivity contribution < 1.29 is 49.0 Å². The van der Waals surface area contributed by atoms with E-state index < -0.39 is 23.1 Å². The third-order valence-corrected chi connectivity index (χ3v) is 3.58. The standard InChI is InChI=1S/C16H15ClN2O5.Na/c1-3-4-11-12(16(23)24-2)14(20)13(15(21)22)18-19(11)10-7-5-9(17)6-8-10;/h5-8H,3-4H2,1-2H3,(H,21,22);/q;+1/p-1. The maximum Gasteiger partial charge on any atom is 1.00 e. The van der Waals surface area contributed by atoms with Crippen molar-refractivity contribution in [1.82, 2.24) is 9.78 Å². The van der Waals surface area contributed by atoms with E-state index in [2.05, 4.69) is 9.84 Å². The number of carbonyl (C=O) groups is 2. The average molecular weight is 373 g/mol. The van der Waals surface area contributed by atoms with Gasteiger partial charge in [-0.2, -0.15) is 5.10 Å². The minimum absolute atomic E-state index is 0. The number of carboxylic acids is 1. The molecule has 1 aromatic heterocycles. The fraction of sp³-hybridized carbons (Fsp3) is 0.250. The Balaban J connectivity index is 0.00000312. The summed E-state index contributed by atoms with van der Waals surface area (Å²) in [4.78, 5) is 35.6. The zero-order valence-corrected chi connectivity index (χ0v) is 16.8. The van der Waals surface area contributed by atoms with E-state index in [0.717, 1.165) is 7.11 Å². The van der Waals surface area contributed by atoms with E-state index in [4.69, 9.17) is 11.6 Å². The summed E-state index contributed by atoms with van der Waals surface area (Å²) in [6, 6.07) is 6.37. The summed E-state index contributed by atoms with van der Waals surface area (Å²) < 4.78 is 5.87. The summed E-state index contributed by atoms with van der Waals surface area (Å²) in [6.45, 7) is 1.85. The van der Waals surface area contributed by atoms with E-state index in [1.165, 1.54) is 4.68 Å². The number of carboxylic acid groups (broad SMARTS) is 1. The van der Waals surface area contributed by atoms with E-state index in [1.54, 1.807) is 24.3 Å². The fourth-order valence-corrected chi connectivity index (χ4v) is 2.40. The number of aromatic carboxylic acids is 1. The van der Waals surface area contributed by atoms with Crippen LogP contribution in [0, 0.1) is 0 Å². The van der Waals surface area contributed by atoms with Crippen LogP contribution >= 0.6 is 11.6 Å². The molecule has 0 atom stereocenters. The number of methoxy groups -OCH3 is 1. The number of rotatable bonds is 5. The zero-order valence-electron chi connectivity index (χ0n) is 14.0. The van der Waals surface area contributed by atoms with Gasteiger partial charge in [-0.05, 0) is 30.7 Å². The van der Waals surface area contributed by atoms with Crippen LogP contribution in [0.25, 0.3) is 5.69 Å². The van der Waals surface area contributed by atoms with Gasteiger partial charge in [0, 0.05) is 5.02 Å². The molecule has 126 valence electrons. The Hall–Kier alpha value is -1.67. The van der Waals surface area contributed by atoms with Crippen molar-refractivity contribution in [2.75, 3.05) is 7.11 Å². The van der Waals surface area contributed by atoms with Gasteiger partial charge in [-0.3, -0.25) is 4.79 Å². The van der Waals surface area contributed by atoms with Gasteiger partial charge in [0.2, 0.25) is 5.43 Å². The molecule has 9 heteroatoms. The Morgan fingerprint density at radius 1 is 1.28 bits per heavy atom. The van der Waals surface area contributed by atoms with Crippen molar-refractivity contribution in [2.45, 2.75) is 19.8 Å². The molecule has 0 spiro atoms. The molecule has 0 saturated carbocycles. The summed E-state index contributed by atoms with van der Waals surface area (Å²) in [6.07, 6.45) is 0.923. The molecular weight excluding hydrogens is 359 g/mol. The van der Waals surface area contributed by atoms with Crippen LogP contribution in [0.2, 0.25) is 5.02 Å². The van der Waals surface area contributed by atoms with Crippen molar-refractivity contribution in [3.05, 3.63) is 56.5 Å². The molecule has 2 rings (SSSR count). The molecular formula is C16H14ClN2NaO5. The number of aromatic nitrogens is 2. The van der Waals surface area contributed by atoms with Gasteiger partial charge in [0.25, 0.3) is 0 Å². The predicted molar refractivity (Wildman–Crippen MR) is 84.5 cm³/mol. The summed E-state index contributed by atoms with van der Waals surface area (Å²) in [7, 11) is 1.11. The predicted octanol–water partition coefficient (Wildman–Crippen LogP) is -2.01. The zero-order chi connectivity index (χ0) is 17.9. The van der Waals surface area contributed by atoms with Gasteiger partial charge in [-0.1, -0.05) is 24.9 Å². The molecule has 0 radical (unpaired) electrons. The number of benzene rings is 1. The third kappa shape index (κ3) is 4.49. The van der Waals surface area contributed by atoms with Crippen LogP contribution in [0.1, 0.15) is 39.9 Å². The van der Waals surface area contributed by atoms with E-state index in [1.807, 2.05) is 6.92 Å². The van der Waals surface area contributed by atoms with Gasteiger partial charge < -0.3 is 14.6 Å². The number of nitrogens with zero attached hydrogens (tertiary/aromatic N) is 2. The molecule has 1 aromatic carbocycles. The number of ether oxygens (including phenoxy) is 1. The molecule has 2 aromatic rings. The van der Waals surface area contributed by atoms with Crippen molar-refractivity contribution in [3.63, 3.8) is 0 Å². The number of halogens is 1. The second kappa shape index (κ2) is 9.15. The van der Waals surface area contributed by atoms with Crippen LogP contribution in [0.15, 0.2) is 29.1 Å². The summed E-state index contributed by atoms with van der Waals surface area (Å²) in [5.74, 6) is -2.69. The molecule has 0 aliphatic rings. The molecule has 25 heavy (non-hydrogen) atoms. The SMILES string of the molecule is CCCc1c(C(=O)OC)c(=O)c(C(=O)[O-])nn1-c1ccc(Cl)cc1.[Na+]. The minimum Gasteiger partial charge on any atom is -0.543 e. The summed E-state index contributed by atoms with van der Waals surface area (Å²) >= 11 is 5.85. The Bertz CT molecular complexity index is 849. The van der Waals surface area contributed by atoms with E-state index in [0.29, 0.717) is 23.6 Å². The minimum atomic E-state index is -1.77. The Labute approximate surface area is 170 Å². The van der Waals surface area contributed by atoms with Crippen molar-refractivity contribution in [2.24, 2.45) is 0 Å². The maximum absolute atomic E-state index is 12.3. The topological polar surface area (TPSA) is 101 Å². The molecule has 0 bridgehead atoms. The molecule has 0 amide bonds. The first-order chi connectivity index (χ1) is 11.4. The first-order valence-corrected chi connectivity index (χ1v) is 7.50. The number of esters is 1. The second-order valence-electron chi connectivity index (χ2n) is 4.92. The molecule has 0 unspecified atom stereocenters. The quantitative estimate of drug-likeness (QED) is 0.444. The van der Waals surface area contributed by atoms with Gasteiger partial charge in [0.15, 0.2) is 5.69 Å². The van der Waals surface area contributed by atoms with Gasteiger partial charge in [-0.15, -0.1) is 0 Å². The first kappa shape index (κ1) is 21.4. The van der Waals surface area contributed by atoms with Crippen LogP contribution in [0.4, 0.5) is 0 Å². The molecule has 1 heterocycles. The van der Waals surface area contributed by atoms with Gasteiger partial charge >= 0.3 is 35.5 Å². The normalized spacial score (nSPS) is 10.0. The van der Waals surface area contributed by atoms with E-state index in [9.17, 15) is 19.5 Å². The Morgan fingerprint density at radius 3 is 2.36 bits per heavy atom. The van der Waals surface area contributed by atoms with E-state index in [-0.39, 0.29) is 40.8 Å². The second-order valence-corrected chi connectivity index (χ2v) is 5.35. The number of hydrogen-bond acceptors (Lipinski definition) is 6. The molecule has 7 nitrogen and oxygen atoms in total. The van der Waals surface area contributed by atoms with Gasteiger partial charge in [0.1, 0.15) is 5.56 Å². The average Bonchev–Trinajstić information content (AvgIpc) is 2.55. The van der Waals surface area contributed by atoms with Crippen molar-refractivity contribution >= 4 is 23.5 Å². The van der Waals surface area contributed by atoms with Crippen molar-refractivity contribution in [3.8, 4) is 5.69 Å². The van der Waals surface area contributed by atoms with Crippen LogP contribution in [-0.4, -0.2) is 28.8 Å². The van der Waals surface area contributed by atoms with Gasteiger partial charge in [0.05, 0.1) is 24.5 Å². The molecule has 0 saturated heterocycles. The smallest absolute Gasteiger partial charge is 0.543 e. The summed E-state index contributed by atoms with van der Waals surface area (Å²) in [5, 5.41) is 15.6.